The molecule has 0 atom stereocenters. The summed E-state index contributed by atoms with van der Waals surface area (Å²) >= 11 is 0. The van der Waals surface area contributed by atoms with Gasteiger partial charge in [-0.3, -0.25) is 9.59 Å². The average molecular weight is 255 g/mol. The molecular formula is C14H25NO3. The monoisotopic (exact) mass is 255 g/mol. The third-order valence-electron chi connectivity index (χ3n) is 3.99. The Labute approximate surface area is 109 Å². The van der Waals surface area contributed by atoms with Crippen molar-refractivity contribution in [3.05, 3.63) is 0 Å². The fourth-order valence-corrected chi connectivity index (χ4v) is 2.71. The Bertz CT molecular complexity index is 293. The number of amides is 1. The number of carboxylic acids is 1. The van der Waals surface area contributed by atoms with E-state index in [9.17, 15) is 9.59 Å². The van der Waals surface area contributed by atoms with E-state index in [1.54, 1.807) is 0 Å². The van der Waals surface area contributed by atoms with Crippen LogP contribution in [0, 0.1) is 11.8 Å². The molecule has 0 aromatic heterocycles. The largest absolute Gasteiger partial charge is 0.480 e. The first-order valence-corrected chi connectivity index (χ1v) is 6.98. The maximum Gasteiger partial charge on any atom is 0.323 e. The standard InChI is InChI=1S/C14H25NO3/c1-4-11-5-7-12(8-6-11)14(18)15(10(2)3)9-13(16)17/h10-12H,4-9H2,1-3H3,(H,16,17). The van der Waals surface area contributed by atoms with Crippen molar-refractivity contribution >= 4 is 11.9 Å². The third kappa shape index (κ3) is 4.00. The molecule has 1 saturated carbocycles. The molecule has 0 aromatic carbocycles. The molecular weight excluding hydrogens is 230 g/mol. The van der Waals surface area contributed by atoms with Crippen molar-refractivity contribution < 1.29 is 14.7 Å². The van der Waals surface area contributed by atoms with Gasteiger partial charge in [0, 0.05) is 12.0 Å². The molecule has 1 aliphatic carbocycles. The summed E-state index contributed by atoms with van der Waals surface area (Å²) < 4.78 is 0. The van der Waals surface area contributed by atoms with Crippen LogP contribution < -0.4 is 0 Å². The van der Waals surface area contributed by atoms with E-state index >= 15 is 0 Å². The van der Waals surface area contributed by atoms with Crippen LogP contribution in [0.4, 0.5) is 0 Å². The minimum atomic E-state index is -0.931. The highest BCUT2D eigenvalue weighted by Crippen LogP contribution is 2.31. The molecule has 0 spiro atoms. The van der Waals surface area contributed by atoms with Gasteiger partial charge in [-0.05, 0) is 45.4 Å². The molecule has 0 aliphatic heterocycles. The highest BCUT2D eigenvalue weighted by molar-refractivity contribution is 5.83. The molecule has 1 fully saturated rings. The number of carbonyl (C=O) groups is 2. The van der Waals surface area contributed by atoms with Crippen molar-refractivity contribution in [3.63, 3.8) is 0 Å². The highest BCUT2D eigenvalue weighted by atomic mass is 16.4. The quantitative estimate of drug-likeness (QED) is 0.821. The van der Waals surface area contributed by atoms with Crippen molar-refractivity contribution in [2.24, 2.45) is 11.8 Å². The molecule has 0 radical (unpaired) electrons. The second-order valence-corrected chi connectivity index (χ2v) is 5.58. The van der Waals surface area contributed by atoms with Crippen molar-refractivity contribution in [3.8, 4) is 0 Å². The number of carboxylic acid groups (broad SMARTS) is 1. The van der Waals surface area contributed by atoms with Gasteiger partial charge in [0.15, 0.2) is 0 Å². The summed E-state index contributed by atoms with van der Waals surface area (Å²) in [5.74, 6) is -0.114. The lowest BCUT2D eigenvalue weighted by atomic mass is 9.80. The molecule has 1 aliphatic rings. The number of nitrogens with zero attached hydrogens (tertiary/aromatic N) is 1. The Morgan fingerprint density at radius 3 is 2.17 bits per heavy atom. The summed E-state index contributed by atoms with van der Waals surface area (Å²) in [4.78, 5) is 24.6. The number of rotatable bonds is 5. The van der Waals surface area contributed by atoms with Crippen molar-refractivity contribution in [2.45, 2.75) is 58.9 Å². The van der Waals surface area contributed by atoms with Crippen LogP contribution in [0.1, 0.15) is 52.9 Å². The van der Waals surface area contributed by atoms with Gasteiger partial charge in [-0.1, -0.05) is 13.3 Å². The molecule has 1 amide bonds. The average Bonchev–Trinajstić information content (AvgIpc) is 2.34. The molecule has 0 saturated heterocycles. The minimum absolute atomic E-state index is 0.0296. The number of aliphatic carboxylic acids is 1. The van der Waals surface area contributed by atoms with Gasteiger partial charge in [0.1, 0.15) is 6.54 Å². The lowest BCUT2D eigenvalue weighted by Gasteiger charge is -2.33. The zero-order chi connectivity index (χ0) is 13.7. The van der Waals surface area contributed by atoms with Gasteiger partial charge in [-0.2, -0.15) is 0 Å². The maximum absolute atomic E-state index is 12.3. The first-order chi connectivity index (χ1) is 8.45. The number of carbonyl (C=O) groups excluding carboxylic acids is 1. The van der Waals surface area contributed by atoms with Crippen molar-refractivity contribution in [1.82, 2.24) is 4.90 Å². The van der Waals surface area contributed by atoms with Gasteiger partial charge >= 0.3 is 5.97 Å². The zero-order valence-corrected chi connectivity index (χ0v) is 11.7. The van der Waals surface area contributed by atoms with Crippen LogP contribution in [0.25, 0.3) is 0 Å². The molecule has 0 aromatic rings. The van der Waals surface area contributed by atoms with Gasteiger partial charge in [0.2, 0.25) is 5.91 Å². The van der Waals surface area contributed by atoms with Gasteiger partial charge < -0.3 is 10.0 Å². The first-order valence-electron chi connectivity index (χ1n) is 6.98. The van der Waals surface area contributed by atoms with E-state index in [1.807, 2.05) is 13.8 Å². The zero-order valence-electron chi connectivity index (χ0n) is 11.7. The Morgan fingerprint density at radius 2 is 1.78 bits per heavy atom. The molecule has 18 heavy (non-hydrogen) atoms. The summed E-state index contributed by atoms with van der Waals surface area (Å²) in [7, 11) is 0. The third-order valence-corrected chi connectivity index (χ3v) is 3.99. The van der Waals surface area contributed by atoms with E-state index in [4.69, 9.17) is 5.11 Å². The Morgan fingerprint density at radius 1 is 1.22 bits per heavy atom. The highest BCUT2D eigenvalue weighted by Gasteiger charge is 2.30. The second kappa shape index (κ2) is 6.76. The van der Waals surface area contributed by atoms with Crippen molar-refractivity contribution in [2.75, 3.05) is 6.54 Å². The molecule has 1 N–H and O–H groups in total. The summed E-state index contributed by atoms with van der Waals surface area (Å²) in [5, 5.41) is 8.87. The SMILES string of the molecule is CCC1CCC(C(=O)N(CC(=O)O)C(C)C)CC1. The summed E-state index contributed by atoms with van der Waals surface area (Å²) in [6.45, 7) is 5.76. The normalized spacial score (nSPS) is 24.0. The van der Waals surface area contributed by atoms with E-state index in [-0.39, 0.29) is 24.4 Å². The van der Waals surface area contributed by atoms with E-state index in [0.717, 1.165) is 31.6 Å². The molecule has 104 valence electrons. The Kier molecular flexibility index (Phi) is 5.63. The number of hydrogen-bond donors (Lipinski definition) is 1. The molecule has 0 bridgehead atoms. The number of hydrogen-bond acceptors (Lipinski definition) is 2. The van der Waals surface area contributed by atoms with Crippen LogP contribution in [0.5, 0.6) is 0 Å². The lowest BCUT2D eigenvalue weighted by molar-refractivity contribution is -0.148. The minimum Gasteiger partial charge on any atom is -0.480 e. The van der Waals surface area contributed by atoms with Crippen LogP contribution in [0.2, 0.25) is 0 Å². The fraction of sp³-hybridized carbons (Fsp3) is 0.857. The maximum atomic E-state index is 12.3. The van der Waals surface area contributed by atoms with Gasteiger partial charge in [0.05, 0.1) is 0 Å². The molecule has 4 heteroatoms. The summed E-state index contributed by atoms with van der Waals surface area (Å²) in [6.07, 6.45) is 5.22. The molecule has 0 unspecified atom stereocenters. The second-order valence-electron chi connectivity index (χ2n) is 5.58. The summed E-state index contributed by atoms with van der Waals surface area (Å²) in [6, 6.07) is -0.0440. The van der Waals surface area contributed by atoms with E-state index in [2.05, 4.69) is 6.92 Å². The van der Waals surface area contributed by atoms with Crippen LogP contribution >= 0.6 is 0 Å². The molecule has 1 rings (SSSR count). The van der Waals surface area contributed by atoms with Gasteiger partial charge in [-0.25, -0.2) is 0 Å². The predicted molar refractivity (Wildman–Crippen MR) is 70.2 cm³/mol. The Hall–Kier alpha value is -1.06. The first kappa shape index (κ1) is 15.0. The molecule has 0 heterocycles. The topological polar surface area (TPSA) is 57.6 Å². The smallest absolute Gasteiger partial charge is 0.323 e. The van der Waals surface area contributed by atoms with E-state index < -0.39 is 5.97 Å². The van der Waals surface area contributed by atoms with E-state index in [0.29, 0.717) is 0 Å². The van der Waals surface area contributed by atoms with Crippen molar-refractivity contribution in [1.29, 1.82) is 0 Å². The van der Waals surface area contributed by atoms with Crippen LogP contribution in [0.3, 0.4) is 0 Å². The predicted octanol–water partition coefficient (Wildman–Crippen LogP) is 2.52. The lowest BCUT2D eigenvalue weighted by Crippen LogP contribution is -2.44. The summed E-state index contributed by atoms with van der Waals surface area (Å²) in [5.41, 5.74) is 0. The van der Waals surface area contributed by atoms with Crippen LogP contribution in [0.15, 0.2) is 0 Å². The van der Waals surface area contributed by atoms with Crippen LogP contribution in [-0.4, -0.2) is 34.5 Å². The van der Waals surface area contributed by atoms with Gasteiger partial charge in [0.25, 0.3) is 0 Å². The fourth-order valence-electron chi connectivity index (χ4n) is 2.71. The van der Waals surface area contributed by atoms with Crippen LogP contribution in [-0.2, 0) is 9.59 Å². The van der Waals surface area contributed by atoms with Gasteiger partial charge in [-0.15, -0.1) is 0 Å². The Balaban J connectivity index is 2.58. The molecule has 4 nitrogen and oxygen atoms in total. The van der Waals surface area contributed by atoms with E-state index in [1.165, 1.54) is 11.3 Å².